The number of carbonyl (C=O) groups is 1. The Bertz CT molecular complexity index is 728. The number of amides is 1. The number of anilines is 3. The lowest BCUT2D eigenvalue weighted by atomic mass is 10.2. The van der Waals surface area contributed by atoms with E-state index in [0.29, 0.717) is 0 Å². The van der Waals surface area contributed by atoms with E-state index in [0.717, 1.165) is 26.9 Å². The van der Waals surface area contributed by atoms with E-state index in [1.54, 1.807) is 41.8 Å². The number of hydrogen-bond donors (Lipinski definition) is 1. The van der Waals surface area contributed by atoms with Crippen molar-refractivity contribution in [3.05, 3.63) is 36.4 Å². The Labute approximate surface area is 128 Å². The van der Waals surface area contributed by atoms with Gasteiger partial charge in [-0.1, -0.05) is 11.8 Å². The van der Waals surface area contributed by atoms with Gasteiger partial charge in [-0.3, -0.25) is 9.69 Å². The molecule has 0 aliphatic carbocycles. The minimum Gasteiger partial charge on any atom is -0.508 e. The van der Waals surface area contributed by atoms with Gasteiger partial charge < -0.3 is 10.0 Å². The second kappa shape index (κ2) is 5.00. The molecular formula is C16H16N2O2S. The van der Waals surface area contributed by atoms with Crippen LogP contribution in [-0.2, 0) is 4.79 Å². The van der Waals surface area contributed by atoms with Crippen LogP contribution in [0.4, 0.5) is 17.1 Å². The highest BCUT2D eigenvalue weighted by molar-refractivity contribution is 7.99. The van der Waals surface area contributed by atoms with E-state index in [-0.39, 0.29) is 11.7 Å². The lowest BCUT2D eigenvalue weighted by Gasteiger charge is -2.31. The molecule has 0 aromatic heterocycles. The molecule has 108 valence electrons. The smallest absolute Gasteiger partial charge is 0.228 e. The van der Waals surface area contributed by atoms with Crippen LogP contribution in [-0.4, -0.2) is 25.1 Å². The van der Waals surface area contributed by atoms with Crippen LogP contribution in [0.15, 0.2) is 46.2 Å². The number of benzene rings is 2. The maximum absolute atomic E-state index is 12.1. The summed E-state index contributed by atoms with van der Waals surface area (Å²) < 4.78 is 0. The number of fused-ring (bicyclic) bond motifs is 2. The molecule has 0 saturated heterocycles. The molecule has 5 heteroatoms. The van der Waals surface area contributed by atoms with Crippen LogP contribution in [0.1, 0.15) is 6.92 Å². The fraction of sp³-hybridized carbons (Fsp3) is 0.188. The van der Waals surface area contributed by atoms with E-state index in [4.69, 9.17) is 0 Å². The van der Waals surface area contributed by atoms with Gasteiger partial charge in [-0.25, -0.2) is 0 Å². The SMILES string of the molecule is CC(=O)N1c2ccc(O)cc2Sc2cc(N(C)C)ccc21. The predicted molar refractivity (Wildman–Crippen MR) is 85.8 cm³/mol. The normalized spacial score (nSPS) is 12.6. The van der Waals surface area contributed by atoms with Gasteiger partial charge in [0.05, 0.1) is 11.4 Å². The maximum Gasteiger partial charge on any atom is 0.228 e. The molecule has 2 aromatic rings. The van der Waals surface area contributed by atoms with Gasteiger partial charge in [0.25, 0.3) is 0 Å². The van der Waals surface area contributed by atoms with E-state index in [9.17, 15) is 9.90 Å². The highest BCUT2D eigenvalue weighted by Crippen LogP contribution is 2.49. The summed E-state index contributed by atoms with van der Waals surface area (Å²) in [6.07, 6.45) is 0. The van der Waals surface area contributed by atoms with Crippen LogP contribution in [0.3, 0.4) is 0 Å². The fourth-order valence-corrected chi connectivity index (χ4v) is 3.53. The molecule has 1 heterocycles. The number of phenolic OH excluding ortho intramolecular Hbond substituents is 1. The molecule has 1 amide bonds. The molecule has 4 nitrogen and oxygen atoms in total. The zero-order chi connectivity index (χ0) is 15.1. The Kier molecular flexibility index (Phi) is 3.29. The molecule has 0 saturated carbocycles. The van der Waals surface area contributed by atoms with E-state index >= 15 is 0 Å². The van der Waals surface area contributed by atoms with Crippen LogP contribution in [0, 0.1) is 0 Å². The second-order valence-electron chi connectivity index (χ2n) is 5.15. The highest BCUT2D eigenvalue weighted by atomic mass is 32.2. The van der Waals surface area contributed by atoms with Gasteiger partial charge in [0, 0.05) is 36.5 Å². The van der Waals surface area contributed by atoms with Crippen LogP contribution in [0.5, 0.6) is 5.75 Å². The van der Waals surface area contributed by atoms with E-state index in [1.807, 2.05) is 31.1 Å². The number of rotatable bonds is 1. The van der Waals surface area contributed by atoms with Gasteiger partial charge in [-0.2, -0.15) is 0 Å². The number of aromatic hydroxyl groups is 1. The summed E-state index contributed by atoms with van der Waals surface area (Å²) in [5.74, 6) is 0.165. The van der Waals surface area contributed by atoms with Gasteiger partial charge >= 0.3 is 0 Å². The number of hydrogen-bond acceptors (Lipinski definition) is 4. The molecule has 1 aliphatic heterocycles. The standard InChI is InChI=1S/C16H16N2O2S/c1-10(19)18-13-6-4-11(17(2)3)8-15(13)21-16-9-12(20)5-7-14(16)18/h4-9,20H,1-3H3. The van der Waals surface area contributed by atoms with Gasteiger partial charge in [-0.15, -0.1) is 0 Å². The topological polar surface area (TPSA) is 43.8 Å². The Morgan fingerprint density at radius 2 is 1.71 bits per heavy atom. The van der Waals surface area contributed by atoms with Crippen molar-refractivity contribution in [1.82, 2.24) is 0 Å². The van der Waals surface area contributed by atoms with E-state index in [2.05, 4.69) is 6.07 Å². The molecule has 0 atom stereocenters. The first-order valence-electron chi connectivity index (χ1n) is 6.60. The summed E-state index contributed by atoms with van der Waals surface area (Å²) in [7, 11) is 3.97. The minimum atomic E-state index is -0.0407. The second-order valence-corrected chi connectivity index (χ2v) is 6.24. The third-order valence-corrected chi connectivity index (χ3v) is 4.51. The molecule has 2 aromatic carbocycles. The van der Waals surface area contributed by atoms with Crippen molar-refractivity contribution in [2.75, 3.05) is 23.9 Å². The third kappa shape index (κ3) is 2.34. The maximum atomic E-state index is 12.1. The lowest BCUT2D eigenvalue weighted by Crippen LogP contribution is -2.25. The summed E-state index contributed by atoms with van der Waals surface area (Å²) in [5, 5.41) is 9.68. The van der Waals surface area contributed by atoms with Crippen molar-refractivity contribution in [3.63, 3.8) is 0 Å². The first kappa shape index (κ1) is 13.8. The average molecular weight is 300 g/mol. The molecule has 21 heavy (non-hydrogen) atoms. The molecule has 0 fully saturated rings. The monoisotopic (exact) mass is 300 g/mol. The molecule has 0 spiro atoms. The molecule has 1 N–H and O–H groups in total. The number of nitrogens with zero attached hydrogens (tertiary/aromatic N) is 2. The largest absolute Gasteiger partial charge is 0.508 e. The lowest BCUT2D eigenvalue weighted by molar-refractivity contribution is -0.115. The fourth-order valence-electron chi connectivity index (χ4n) is 2.40. The van der Waals surface area contributed by atoms with Crippen molar-refractivity contribution in [2.45, 2.75) is 16.7 Å². The van der Waals surface area contributed by atoms with E-state index in [1.165, 1.54) is 0 Å². The highest BCUT2D eigenvalue weighted by Gasteiger charge is 2.26. The third-order valence-electron chi connectivity index (χ3n) is 3.42. The first-order valence-corrected chi connectivity index (χ1v) is 7.42. The molecule has 1 aliphatic rings. The van der Waals surface area contributed by atoms with Crippen LogP contribution in [0.25, 0.3) is 0 Å². The molecule has 3 rings (SSSR count). The average Bonchev–Trinajstić information content (AvgIpc) is 2.43. The summed E-state index contributed by atoms with van der Waals surface area (Å²) >= 11 is 1.57. The zero-order valence-electron chi connectivity index (χ0n) is 12.1. The summed E-state index contributed by atoms with van der Waals surface area (Å²) in [6.45, 7) is 1.55. The van der Waals surface area contributed by atoms with Crippen molar-refractivity contribution in [2.24, 2.45) is 0 Å². The van der Waals surface area contributed by atoms with Gasteiger partial charge in [0.1, 0.15) is 5.75 Å². The van der Waals surface area contributed by atoms with Crippen molar-refractivity contribution >= 4 is 34.7 Å². The molecule has 0 bridgehead atoms. The molecule has 0 unspecified atom stereocenters. The van der Waals surface area contributed by atoms with Crippen molar-refractivity contribution < 1.29 is 9.90 Å². The van der Waals surface area contributed by atoms with Gasteiger partial charge in [0.15, 0.2) is 0 Å². The Morgan fingerprint density at radius 1 is 1.10 bits per heavy atom. The Hall–Kier alpha value is -2.14. The van der Waals surface area contributed by atoms with Crippen LogP contribution >= 0.6 is 11.8 Å². The molecule has 0 radical (unpaired) electrons. The Morgan fingerprint density at radius 3 is 2.33 bits per heavy atom. The molecular weight excluding hydrogens is 284 g/mol. The summed E-state index contributed by atoms with van der Waals surface area (Å²) in [5.41, 5.74) is 2.78. The van der Waals surface area contributed by atoms with Crippen LogP contribution < -0.4 is 9.80 Å². The van der Waals surface area contributed by atoms with Crippen molar-refractivity contribution in [1.29, 1.82) is 0 Å². The first-order chi connectivity index (χ1) is 9.97. The van der Waals surface area contributed by atoms with Gasteiger partial charge in [-0.05, 0) is 36.4 Å². The zero-order valence-corrected chi connectivity index (χ0v) is 12.9. The van der Waals surface area contributed by atoms with Crippen LogP contribution in [0.2, 0.25) is 0 Å². The minimum absolute atomic E-state index is 0.0407. The van der Waals surface area contributed by atoms with E-state index < -0.39 is 0 Å². The quantitative estimate of drug-likeness (QED) is 0.874. The summed E-state index contributed by atoms with van der Waals surface area (Å²) in [4.78, 5) is 17.7. The summed E-state index contributed by atoms with van der Waals surface area (Å²) in [6, 6.07) is 11.1. The Balaban J connectivity index is 2.18. The van der Waals surface area contributed by atoms with Crippen molar-refractivity contribution in [3.8, 4) is 5.75 Å². The van der Waals surface area contributed by atoms with Gasteiger partial charge in [0.2, 0.25) is 5.91 Å². The number of phenols is 1. The predicted octanol–water partition coefficient (Wildman–Crippen LogP) is 3.61. The number of carbonyl (C=O) groups excluding carboxylic acids is 1.